The second-order valence-corrected chi connectivity index (χ2v) is 9.52. The van der Waals surface area contributed by atoms with Gasteiger partial charge in [0, 0.05) is 28.3 Å². The summed E-state index contributed by atoms with van der Waals surface area (Å²) in [4.78, 5) is 13.3. The molecule has 4 fully saturated rings. The molecule has 4 bridgehead atoms. The van der Waals surface area contributed by atoms with E-state index in [0.29, 0.717) is 5.78 Å². The molecule has 6 rings (SSSR count). The third-order valence-corrected chi connectivity index (χ3v) is 7.14. The van der Waals surface area contributed by atoms with Crippen LogP contribution in [0.2, 0.25) is 0 Å². The standard InChI is InChI=1S/C22H27NO/c1-21(2)11-15-5-3-4-6-18(15)19(23-21)9-20(24)22-10-14-7-16(12-22)17(8-14)13-22/h3-6,9,14,16-17,23H,7-8,10-13H2,1-2H3/b19-9-. The van der Waals surface area contributed by atoms with Crippen molar-refractivity contribution in [3.63, 3.8) is 0 Å². The van der Waals surface area contributed by atoms with Gasteiger partial charge in [0.05, 0.1) is 0 Å². The summed E-state index contributed by atoms with van der Waals surface area (Å²) >= 11 is 0. The fraction of sp³-hybridized carbons (Fsp3) is 0.591. The molecule has 1 aliphatic heterocycles. The number of carbonyl (C=O) groups excluding carboxylic acids is 1. The lowest BCUT2D eigenvalue weighted by Gasteiger charge is -2.38. The summed E-state index contributed by atoms with van der Waals surface area (Å²) in [6.45, 7) is 4.45. The molecule has 1 aromatic carbocycles. The fourth-order valence-electron chi connectivity index (χ4n) is 6.40. The van der Waals surface area contributed by atoms with E-state index in [9.17, 15) is 4.79 Å². The molecule has 0 aromatic heterocycles. The summed E-state index contributed by atoms with van der Waals surface area (Å²) in [6, 6.07) is 8.55. The van der Waals surface area contributed by atoms with Gasteiger partial charge < -0.3 is 5.32 Å². The molecular weight excluding hydrogens is 294 g/mol. The minimum Gasteiger partial charge on any atom is -0.379 e. The zero-order chi connectivity index (χ0) is 16.5. The quantitative estimate of drug-likeness (QED) is 0.821. The summed E-state index contributed by atoms with van der Waals surface area (Å²) in [5, 5.41) is 3.64. The first kappa shape index (κ1) is 14.7. The zero-order valence-corrected chi connectivity index (χ0v) is 14.8. The van der Waals surface area contributed by atoms with E-state index in [2.05, 4.69) is 43.4 Å². The van der Waals surface area contributed by atoms with Gasteiger partial charge in [0.2, 0.25) is 0 Å². The number of rotatable bonds is 2. The molecule has 0 amide bonds. The Balaban J connectivity index is 1.51. The average Bonchev–Trinajstić information content (AvgIpc) is 2.94. The van der Waals surface area contributed by atoms with Crippen LogP contribution in [0.25, 0.3) is 5.70 Å². The van der Waals surface area contributed by atoms with Crippen LogP contribution in [0.15, 0.2) is 30.3 Å². The number of allylic oxidation sites excluding steroid dienone is 1. The predicted molar refractivity (Wildman–Crippen MR) is 96.3 cm³/mol. The van der Waals surface area contributed by atoms with E-state index in [0.717, 1.165) is 49.1 Å². The highest BCUT2D eigenvalue weighted by molar-refractivity contribution is 6.01. The Hall–Kier alpha value is -1.57. The number of hydrogen-bond donors (Lipinski definition) is 1. The van der Waals surface area contributed by atoms with Crippen LogP contribution >= 0.6 is 0 Å². The highest BCUT2D eigenvalue weighted by Gasteiger charge is 2.58. The van der Waals surface area contributed by atoms with Gasteiger partial charge in [-0.05, 0) is 75.7 Å². The smallest absolute Gasteiger partial charge is 0.163 e. The molecular formula is C22H27NO. The van der Waals surface area contributed by atoms with E-state index in [-0.39, 0.29) is 11.0 Å². The SMILES string of the molecule is CC1(C)Cc2ccccc2/C(=C/C(=O)C23CC4CC(C2)C(C4)C3)N1. The minimum absolute atomic E-state index is 0.00501. The van der Waals surface area contributed by atoms with Crippen LogP contribution in [0.3, 0.4) is 0 Å². The van der Waals surface area contributed by atoms with Crippen molar-refractivity contribution in [1.82, 2.24) is 5.32 Å². The average molecular weight is 321 g/mol. The van der Waals surface area contributed by atoms with Crippen LogP contribution in [0.4, 0.5) is 0 Å². The normalized spacial score (nSPS) is 39.8. The number of fused-ring (bicyclic) bond motifs is 1. The second-order valence-electron chi connectivity index (χ2n) is 9.52. The van der Waals surface area contributed by atoms with Crippen molar-refractivity contribution in [2.24, 2.45) is 23.2 Å². The Bertz CT molecular complexity index is 725. The first-order valence-electron chi connectivity index (χ1n) is 9.57. The molecule has 4 saturated carbocycles. The molecule has 0 saturated heterocycles. The van der Waals surface area contributed by atoms with Gasteiger partial charge in [0.25, 0.3) is 0 Å². The lowest BCUT2D eigenvalue weighted by molar-refractivity contribution is -0.126. The Morgan fingerprint density at radius 1 is 1.12 bits per heavy atom. The van der Waals surface area contributed by atoms with Crippen molar-refractivity contribution in [2.75, 3.05) is 0 Å². The number of nitrogens with one attached hydrogen (secondary N) is 1. The first-order chi connectivity index (χ1) is 11.4. The molecule has 5 aliphatic rings. The highest BCUT2D eigenvalue weighted by Crippen LogP contribution is 2.64. The third-order valence-electron chi connectivity index (χ3n) is 7.14. The summed E-state index contributed by atoms with van der Waals surface area (Å²) in [5.74, 6) is 2.91. The van der Waals surface area contributed by atoms with Crippen molar-refractivity contribution in [1.29, 1.82) is 0 Å². The van der Waals surface area contributed by atoms with Crippen LogP contribution in [-0.2, 0) is 11.2 Å². The summed E-state index contributed by atoms with van der Waals surface area (Å²) in [7, 11) is 0. The predicted octanol–water partition coefficient (Wildman–Crippen LogP) is 4.35. The summed E-state index contributed by atoms with van der Waals surface area (Å²) < 4.78 is 0. The maximum Gasteiger partial charge on any atom is 0.163 e. The van der Waals surface area contributed by atoms with Crippen molar-refractivity contribution >= 4 is 11.5 Å². The largest absolute Gasteiger partial charge is 0.379 e. The molecule has 0 spiro atoms. The van der Waals surface area contributed by atoms with Gasteiger partial charge in [-0.25, -0.2) is 0 Å². The van der Waals surface area contributed by atoms with E-state index < -0.39 is 0 Å². The first-order valence-corrected chi connectivity index (χ1v) is 9.57. The molecule has 24 heavy (non-hydrogen) atoms. The van der Waals surface area contributed by atoms with Gasteiger partial charge in [-0.15, -0.1) is 0 Å². The van der Waals surface area contributed by atoms with E-state index >= 15 is 0 Å². The van der Waals surface area contributed by atoms with E-state index in [1.165, 1.54) is 24.0 Å². The van der Waals surface area contributed by atoms with E-state index in [1.54, 1.807) is 0 Å². The van der Waals surface area contributed by atoms with Crippen LogP contribution < -0.4 is 5.32 Å². The maximum atomic E-state index is 13.3. The molecule has 126 valence electrons. The van der Waals surface area contributed by atoms with Crippen LogP contribution in [0.1, 0.15) is 57.1 Å². The van der Waals surface area contributed by atoms with Crippen LogP contribution in [0, 0.1) is 23.2 Å². The number of carbonyl (C=O) groups is 1. The molecule has 4 aliphatic carbocycles. The Morgan fingerprint density at radius 2 is 1.83 bits per heavy atom. The highest BCUT2D eigenvalue weighted by atomic mass is 16.1. The van der Waals surface area contributed by atoms with Gasteiger partial charge in [0.1, 0.15) is 0 Å². The molecule has 1 N–H and O–H groups in total. The Morgan fingerprint density at radius 3 is 2.54 bits per heavy atom. The van der Waals surface area contributed by atoms with Gasteiger partial charge in [0.15, 0.2) is 5.78 Å². The van der Waals surface area contributed by atoms with E-state index in [4.69, 9.17) is 0 Å². The summed E-state index contributed by atoms with van der Waals surface area (Å²) in [6.07, 6.45) is 9.21. The Kier molecular flexibility index (Phi) is 2.91. The molecule has 2 nitrogen and oxygen atoms in total. The minimum atomic E-state index is -0.0261. The van der Waals surface area contributed by atoms with Crippen LogP contribution in [0.5, 0.6) is 0 Å². The number of benzene rings is 1. The van der Waals surface area contributed by atoms with Crippen molar-refractivity contribution in [3.8, 4) is 0 Å². The zero-order valence-electron chi connectivity index (χ0n) is 14.8. The van der Waals surface area contributed by atoms with Crippen LogP contribution in [-0.4, -0.2) is 11.3 Å². The third kappa shape index (κ3) is 2.11. The molecule has 2 unspecified atom stereocenters. The Labute approximate surface area is 144 Å². The lowest BCUT2D eigenvalue weighted by Crippen LogP contribution is -2.44. The second kappa shape index (κ2) is 4.74. The van der Waals surface area contributed by atoms with Gasteiger partial charge in [-0.2, -0.15) is 0 Å². The lowest BCUT2D eigenvalue weighted by atomic mass is 9.67. The number of ketones is 1. The number of hydrogen-bond acceptors (Lipinski definition) is 2. The van der Waals surface area contributed by atoms with Crippen molar-refractivity contribution in [2.45, 2.75) is 57.9 Å². The van der Waals surface area contributed by atoms with Crippen molar-refractivity contribution in [3.05, 3.63) is 41.5 Å². The van der Waals surface area contributed by atoms with Crippen molar-refractivity contribution < 1.29 is 4.79 Å². The fourth-order valence-corrected chi connectivity index (χ4v) is 6.40. The van der Waals surface area contributed by atoms with Gasteiger partial charge in [-0.1, -0.05) is 24.3 Å². The van der Waals surface area contributed by atoms with Gasteiger partial charge >= 0.3 is 0 Å². The molecule has 0 radical (unpaired) electrons. The molecule has 2 atom stereocenters. The van der Waals surface area contributed by atoms with E-state index in [1.807, 2.05) is 6.08 Å². The topological polar surface area (TPSA) is 29.1 Å². The summed E-state index contributed by atoms with van der Waals surface area (Å²) in [5.41, 5.74) is 3.60. The molecule has 1 heterocycles. The molecule has 1 aromatic rings. The maximum absolute atomic E-state index is 13.3. The monoisotopic (exact) mass is 321 g/mol. The molecule has 2 heteroatoms. The van der Waals surface area contributed by atoms with Gasteiger partial charge in [-0.3, -0.25) is 4.79 Å².